The maximum absolute atomic E-state index is 12.4. The highest BCUT2D eigenvalue weighted by molar-refractivity contribution is 6.07. The number of carbonyl (C=O) groups is 3. The minimum atomic E-state index is -1.48. The van der Waals surface area contributed by atoms with Gasteiger partial charge in [0.2, 0.25) is 0 Å². The largest absolute Gasteiger partial charge is 0.465 e. The van der Waals surface area contributed by atoms with E-state index in [9.17, 15) is 14.4 Å². The Hall–Kier alpha value is -2.17. The quantitative estimate of drug-likeness (QED) is 0.595. The molecule has 1 saturated carbocycles. The lowest BCUT2D eigenvalue weighted by Gasteiger charge is -2.23. The number of esters is 2. The maximum Gasteiger partial charge on any atom is 0.323 e. The van der Waals surface area contributed by atoms with Crippen LogP contribution in [0.4, 0.5) is 0 Å². The molecule has 5 heteroatoms. The van der Waals surface area contributed by atoms with Gasteiger partial charge in [-0.05, 0) is 32.3 Å². The second-order valence-electron chi connectivity index (χ2n) is 5.76. The van der Waals surface area contributed by atoms with Gasteiger partial charge in [-0.25, -0.2) is 0 Å². The molecule has 1 aliphatic rings. The van der Waals surface area contributed by atoms with Crippen molar-refractivity contribution in [3.8, 4) is 0 Å². The number of ketones is 1. The molecule has 1 atom stereocenters. The zero-order valence-corrected chi connectivity index (χ0v) is 13.5. The Kier molecular flexibility index (Phi) is 5.53. The highest BCUT2D eigenvalue weighted by Crippen LogP contribution is 2.43. The van der Waals surface area contributed by atoms with E-state index in [0.29, 0.717) is 6.42 Å². The lowest BCUT2D eigenvalue weighted by atomic mass is 9.84. The van der Waals surface area contributed by atoms with Gasteiger partial charge in [-0.1, -0.05) is 30.3 Å². The third-order valence-electron chi connectivity index (χ3n) is 4.18. The summed E-state index contributed by atoms with van der Waals surface area (Å²) in [6.45, 7) is 3.68. The van der Waals surface area contributed by atoms with Crippen molar-refractivity contribution >= 4 is 17.7 Å². The van der Waals surface area contributed by atoms with Crippen LogP contribution < -0.4 is 0 Å². The fourth-order valence-electron chi connectivity index (χ4n) is 3.07. The Bertz CT molecular complexity index is 560. The van der Waals surface area contributed by atoms with E-state index in [-0.39, 0.29) is 37.8 Å². The van der Waals surface area contributed by atoms with Crippen molar-refractivity contribution in [2.75, 3.05) is 13.2 Å². The summed E-state index contributed by atoms with van der Waals surface area (Å²) in [7, 11) is 0. The predicted octanol–water partition coefficient (Wildman–Crippen LogP) is 2.32. The summed E-state index contributed by atoms with van der Waals surface area (Å²) in [5, 5.41) is 0. The van der Waals surface area contributed by atoms with Gasteiger partial charge < -0.3 is 9.47 Å². The van der Waals surface area contributed by atoms with Crippen LogP contribution in [0.3, 0.4) is 0 Å². The first kappa shape index (κ1) is 17.2. The molecule has 0 amide bonds. The van der Waals surface area contributed by atoms with E-state index in [0.717, 1.165) is 5.56 Å². The third kappa shape index (κ3) is 3.60. The highest BCUT2D eigenvalue weighted by Gasteiger charge is 2.57. The monoisotopic (exact) mass is 318 g/mol. The lowest BCUT2D eigenvalue weighted by molar-refractivity contribution is -0.172. The van der Waals surface area contributed by atoms with Crippen molar-refractivity contribution in [2.45, 2.75) is 33.1 Å². The lowest BCUT2D eigenvalue weighted by Crippen LogP contribution is -2.40. The van der Waals surface area contributed by atoms with E-state index in [1.165, 1.54) is 0 Å². The van der Waals surface area contributed by atoms with Gasteiger partial charge >= 0.3 is 11.9 Å². The van der Waals surface area contributed by atoms with E-state index >= 15 is 0 Å². The van der Waals surface area contributed by atoms with Crippen LogP contribution >= 0.6 is 0 Å². The number of benzene rings is 1. The maximum atomic E-state index is 12.4. The summed E-state index contributed by atoms with van der Waals surface area (Å²) in [5.41, 5.74) is -0.475. The van der Waals surface area contributed by atoms with Crippen LogP contribution in [0.2, 0.25) is 0 Å². The Morgan fingerprint density at radius 1 is 1.09 bits per heavy atom. The fourth-order valence-corrected chi connectivity index (χ4v) is 3.07. The van der Waals surface area contributed by atoms with Gasteiger partial charge in [0.25, 0.3) is 0 Å². The van der Waals surface area contributed by atoms with Crippen molar-refractivity contribution in [1.82, 2.24) is 0 Å². The number of hydrogen-bond donors (Lipinski definition) is 0. The molecule has 5 nitrogen and oxygen atoms in total. The molecule has 1 aromatic carbocycles. The molecule has 0 saturated heterocycles. The predicted molar refractivity (Wildman–Crippen MR) is 83.6 cm³/mol. The Balaban J connectivity index is 2.22. The molecule has 1 aliphatic carbocycles. The van der Waals surface area contributed by atoms with E-state index < -0.39 is 17.4 Å². The molecule has 0 N–H and O–H groups in total. The minimum Gasteiger partial charge on any atom is -0.465 e. The fraction of sp³-hybridized carbons (Fsp3) is 0.500. The highest BCUT2D eigenvalue weighted by atomic mass is 16.6. The topological polar surface area (TPSA) is 69.7 Å². The molecule has 0 radical (unpaired) electrons. The van der Waals surface area contributed by atoms with E-state index in [1.54, 1.807) is 13.8 Å². The van der Waals surface area contributed by atoms with Crippen molar-refractivity contribution in [3.63, 3.8) is 0 Å². The number of ether oxygens (including phenoxy) is 2. The van der Waals surface area contributed by atoms with Gasteiger partial charge in [-0.3, -0.25) is 14.4 Å². The van der Waals surface area contributed by atoms with Crippen molar-refractivity contribution in [1.29, 1.82) is 0 Å². The number of Topliss-reactive ketones (excluding diaryl/α,β-unsaturated/α-hetero) is 1. The SMILES string of the molecule is CCOC(=O)C1(C(=O)OCC)CC(=O)[C@H](Cc2ccccc2)C1. The van der Waals surface area contributed by atoms with Crippen LogP contribution in [0.25, 0.3) is 0 Å². The minimum absolute atomic E-state index is 0.0880. The average molecular weight is 318 g/mol. The standard InChI is InChI=1S/C18H22O5/c1-3-22-16(20)18(17(21)23-4-2)11-14(15(19)12-18)10-13-8-6-5-7-9-13/h5-9,14H,3-4,10-12H2,1-2H3/t14-/m1/s1. The summed E-state index contributed by atoms with van der Waals surface area (Å²) in [4.78, 5) is 37.1. The smallest absolute Gasteiger partial charge is 0.323 e. The van der Waals surface area contributed by atoms with Crippen LogP contribution in [-0.2, 0) is 30.3 Å². The van der Waals surface area contributed by atoms with Crippen LogP contribution in [-0.4, -0.2) is 30.9 Å². The number of carbonyl (C=O) groups excluding carboxylic acids is 3. The Labute approximate surface area is 136 Å². The zero-order valence-electron chi connectivity index (χ0n) is 13.5. The van der Waals surface area contributed by atoms with E-state index in [2.05, 4.69) is 0 Å². The average Bonchev–Trinajstić information content (AvgIpc) is 2.87. The van der Waals surface area contributed by atoms with Gasteiger partial charge in [0.05, 0.1) is 13.2 Å². The van der Waals surface area contributed by atoms with Gasteiger partial charge in [-0.2, -0.15) is 0 Å². The van der Waals surface area contributed by atoms with Crippen LogP contribution in [0.15, 0.2) is 30.3 Å². The molecule has 0 heterocycles. The molecular formula is C18H22O5. The molecule has 0 unspecified atom stereocenters. The first-order chi connectivity index (χ1) is 11.0. The first-order valence-electron chi connectivity index (χ1n) is 7.94. The second-order valence-corrected chi connectivity index (χ2v) is 5.76. The van der Waals surface area contributed by atoms with Gasteiger partial charge in [0.1, 0.15) is 5.78 Å². The van der Waals surface area contributed by atoms with Crippen LogP contribution in [0.1, 0.15) is 32.3 Å². The van der Waals surface area contributed by atoms with Crippen molar-refractivity contribution in [3.05, 3.63) is 35.9 Å². The molecule has 23 heavy (non-hydrogen) atoms. The third-order valence-corrected chi connectivity index (χ3v) is 4.18. The first-order valence-corrected chi connectivity index (χ1v) is 7.94. The molecular weight excluding hydrogens is 296 g/mol. The van der Waals surface area contributed by atoms with Crippen LogP contribution in [0, 0.1) is 11.3 Å². The van der Waals surface area contributed by atoms with Crippen molar-refractivity contribution < 1.29 is 23.9 Å². The summed E-state index contributed by atoms with van der Waals surface area (Å²) < 4.78 is 10.1. The van der Waals surface area contributed by atoms with Gasteiger partial charge in [-0.15, -0.1) is 0 Å². The van der Waals surface area contributed by atoms with Gasteiger partial charge in [0.15, 0.2) is 5.41 Å². The molecule has 0 spiro atoms. The van der Waals surface area contributed by atoms with Crippen LogP contribution in [0.5, 0.6) is 0 Å². The number of hydrogen-bond acceptors (Lipinski definition) is 5. The Morgan fingerprint density at radius 3 is 2.17 bits per heavy atom. The molecule has 1 fully saturated rings. The molecule has 0 aromatic heterocycles. The normalized spacial score (nSPS) is 19.4. The summed E-state index contributed by atoms with van der Waals surface area (Å²) in [6.07, 6.45) is 0.529. The number of rotatable bonds is 6. The molecule has 0 aliphatic heterocycles. The van der Waals surface area contributed by atoms with Gasteiger partial charge in [0, 0.05) is 12.3 Å². The van der Waals surface area contributed by atoms with E-state index in [1.807, 2.05) is 30.3 Å². The zero-order chi connectivity index (χ0) is 16.9. The molecule has 2 rings (SSSR count). The summed E-state index contributed by atoms with van der Waals surface area (Å²) in [6, 6.07) is 9.57. The molecule has 1 aromatic rings. The van der Waals surface area contributed by atoms with E-state index in [4.69, 9.17) is 9.47 Å². The Morgan fingerprint density at radius 2 is 1.65 bits per heavy atom. The summed E-state index contributed by atoms with van der Waals surface area (Å²) >= 11 is 0. The van der Waals surface area contributed by atoms with Crippen molar-refractivity contribution in [2.24, 2.45) is 11.3 Å². The molecule has 124 valence electrons. The summed E-state index contributed by atoms with van der Waals surface area (Å²) in [5.74, 6) is -1.76. The second kappa shape index (κ2) is 7.40. The molecule has 0 bridgehead atoms.